The van der Waals surface area contributed by atoms with Crippen molar-refractivity contribution >= 4 is 11.8 Å². The summed E-state index contributed by atoms with van der Waals surface area (Å²) in [6.07, 6.45) is 0.269. The minimum atomic E-state index is -4.30. The molecular weight excluding hydrogens is 323 g/mol. The summed E-state index contributed by atoms with van der Waals surface area (Å²) in [5.74, 6) is 0.394. The monoisotopic (exact) mass is 345 g/mol. The van der Waals surface area contributed by atoms with Crippen molar-refractivity contribution in [2.45, 2.75) is 38.3 Å². The number of hydrogen-bond acceptors (Lipinski definition) is 1. The van der Waals surface area contributed by atoms with Gasteiger partial charge in [-0.2, -0.15) is 13.2 Å². The maximum atomic E-state index is 12.8. The molecule has 0 aromatic heterocycles. The molecule has 132 valence electrons. The van der Waals surface area contributed by atoms with E-state index in [-0.39, 0.29) is 0 Å². The highest BCUT2D eigenvalue weighted by Crippen LogP contribution is 2.33. The highest BCUT2D eigenvalue weighted by molar-refractivity contribution is 5.68. The van der Waals surface area contributed by atoms with Crippen LogP contribution in [0.1, 0.15) is 42.4 Å². The van der Waals surface area contributed by atoms with Gasteiger partial charge in [-0.1, -0.05) is 42.5 Å². The Morgan fingerprint density at radius 1 is 1.12 bits per heavy atom. The van der Waals surface area contributed by atoms with Crippen molar-refractivity contribution in [3.8, 4) is 0 Å². The number of hydrogen-bond donors (Lipinski definition) is 1. The topological polar surface area (TPSA) is 12.0 Å². The molecule has 0 saturated carbocycles. The van der Waals surface area contributed by atoms with Gasteiger partial charge in [-0.25, -0.2) is 0 Å². The quantitative estimate of drug-likeness (QED) is 0.697. The largest absolute Gasteiger partial charge is 0.412 e. The molecule has 2 aromatic carbocycles. The van der Waals surface area contributed by atoms with Crippen LogP contribution in [0.2, 0.25) is 0 Å². The smallest absolute Gasteiger partial charge is 0.384 e. The Labute approximate surface area is 146 Å². The lowest BCUT2D eigenvalue weighted by Crippen LogP contribution is -2.18. The van der Waals surface area contributed by atoms with Gasteiger partial charge in [0.05, 0.1) is 0 Å². The Hall–Kier alpha value is -2.23. The van der Waals surface area contributed by atoms with Crippen molar-refractivity contribution in [2.75, 3.05) is 11.9 Å². The molecule has 3 rings (SSSR count). The molecule has 2 aromatic rings. The van der Waals surface area contributed by atoms with Gasteiger partial charge in [-0.3, -0.25) is 0 Å². The summed E-state index contributed by atoms with van der Waals surface area (Å²) in [5, 5.41) is 3.37. The molecule has 0 heterocycles. The molecule has 0 aliphatic heterocycles. The molecular formula is C21H22F3N. The maximum absolute atomic E-state index is 12.8. The van der Waals surface area contributed by atoms with Crippen molar-refractivity contribution < 1.29 is 13.2 Å². The Morgan fingerprint density at radius 3 is 2.64 bits per heavy atom. The molecule has 1 N–H and O–H groups in total. The van der Waals surface area contributed by atoms with Gasteiger partial charge in [0, 0.05) is 23.7 Å². The number of fused-ring (bicyclic) bond motifs is 1. The zero-order valence-electron chi connectivity index (χ0n) is 14.2. The lowest BCUT2D eigenvalue weighted by Gasteiger charge is -2.26. The fourth-order valence-electron chi connectivity index (χ4n) is 3.40. The first-order chi connectivity index (χ1) is 11.9. The second-order valence-electron chi connectivity index (χ2n) is 6.58. The van der Waals surface area contributed by atoms with Crippen molar-refractivity contribution in [3.63, 3.8) is 0 Å². The van der Waals surface area contributed by atoms with Crippen molar-refractivity contribution in [3.05, 3.63) is 70.8 Å². The number of para-hydroxylation sites is 1. The third-order valence-electron chi connectivity index (χ3n) is 4.81. The van der Waals surface area contributed by atoms with Gasteiger partial charge in [0.25, 0.3) is 0 Å². The Morgan fingerprint density at radius 2 is 1.84 bits per heavy atom. The van der Waals surface area contributed by atoms with Crippen LogP contribution in [0, 0.1) is 0 Å². The van der Waals surface area contributed by atoms with Crippen LogP contribution in [0.5, 0.6) is 0 Å². The van der Waals surface area contributed by atoms with Crippen LogP contribution in [0.15, 0.2) is 54.1 Å². The second-order valence-corrected chi connectivity index (χ2v) is 6.58. The fourth-order valence-corrected chi connectivity index (χ4v) is 3.40. The predicted octanol–water partition coefficient (Wildman–Crippen LogP) is 6.18. The zero-order valence-corrected chi connectivity index (χ0v) is 14.2. The molecule has 1 aliphatic carbocycles. The minimum absolute atomic E-state index is 0.394. The third-order valence-corrected chi connectivity index (χ3v) is 4.81. The lowest BCUT2D eigenvalue weighted by atomic mass is 9.83. The molecule has 4 heteroatoms. The van der Waals surface area contributed by atoms with Crippen LogP contribution in [0.3, 0.4) is 0 Å². The molecule has 0 bridgehead atoms. The van der Waals surface area contributed by atoms with Crippen LogP contribution in [-0.4, -0.2) is 12.7 Å². The number of halogens is 3. The number of aryl methyl sites for hydroxylation is 1. The highest BCUT2D eigenvalue weighted by Gasteiger charge is 2.30. The van der Waals surface area contributed by atoms with E-state index in [4.69, 9.17) is 0 Å². The van der Waals surface area contributed by atoms with Crippen LogP contribution < -0.4 is 5.32 Å². The van der Waals surface area contributed by atoms with E-state index in [9.17, 15) is 13.2 Å². The summed E-state index contributed by atoms with van der Waals surface area (Å²) in [7, 11) is 0. The van der Waals surface area contributed by atoms with E-state index in [0.29, 0.717) is 11.5 Å². The summed E-state index contributed by atoms with van der Waals surface area (Å²) in [5.41, 5.74) is 3.47. The summed E-state index contributed by atoms with van der Waals surface area (Å²) in [6.45, 7) is 1.83. The molecule has 1 aliphatic rings. The number of rotatable bonds is 4. The van der Waals surface area contributed by atoms with Gasteiger partial charge < -0.3 is 5.32 Å². The summed E-state index contributed by atoms with van der Waals surface area (Å²) >= 11 is 0. The van der Waals surface area contributed by atoms with Gasteiger partial charge in [-0.15, -0.1) is 0 Å². The number of alkyl halides is 3. The maximum Gasteiger partial charge on any atom is 0.412 e. The molecule has 1 nitrogen and oxygen atoms in total. The fraction of sp³-hybridized carbons (Fsp3) is 0.333. The summed E-state index contributed by atoms with van der Waals surface area (Å²) < 4.78 is 38.5. The standard InChI is InChI=1S/C21H22F3N/c1-15(21(22,23)24)13-17-8-3-5-12-20(17)25-14-18-10-6-9-16-7-2-4-11-19(16)18/h2-5,7-8,11-13,18,25H,6,9-10,14H2,1H3/b15-13-. The summed E-state index contributed by atoms with van der Waals surface area (Å²) in [6, 6.07) is 15.6. The van der Waals surface area contributed by atoms with E-state index >= 15 is 0 Å². The van der Waals surface area contributed by atoms with Crippen LogP contribution in [0.25, 0.3) is 6.08 Å². The van der Waals surface area contributed by atoms with Gasteiger partial charge >= 0.3 is 6.18 Å². The first-order valence-electron chi connectivity index (χ1n) is 8.61. The molecule has 0 radical (unpaired) electrons. The van der Waals surface area contributed by atoms with Gasteiger partial charge in [-0.05, 0) is 55.0 Å². The van der Waals surface area contributed by atoms with E-state index in [0.717, 1.165) is 38.4 Å². The van der Waals surface area contributed by atoms with Crippen molar-refractivity contribution in [1.82, 2.24) is 0 Å². The third kappa shape index (κ3) is 4.25. The normalized spacial score (nSPS) is 17.9. The number of anilines is 1. The Balaban J connectivity index is 1.77. The molecule has 0 spiro atoms. The molecule has 1 unspecified atom stereocenters. The SMILES string of the molecule is C/C(=C/c1ccccc1NCC1CCCc2ccccc21)C(F)(F)F. The summed E-state index contributed by atoms with van der Waals surface area (Å²) in [4.78, 5) is 0. The van der Waals surface area contributed by atoms with Gasteiger partial charge in [0.1, 0.15) is 0 Å². The number of benzene rings is 2. The Kier molecular flexibility index (Phi) is 5.16. The van der Waals surface area contributed by atoms with Crippen molar-refractivity contribution in [1.29, 1.82) is 0 Å². The van der Waals surface area contributed by atoms with Crippen LogP contribution in [0.4, 0.5) is 18.9 Å². The highest BCUT2D eigenvalue weighted by atomic mass is 19.4. The Bertz CT molecular complexity index is 762. The van der Waals surface area contributed by atoms with E-state index in [1.165, 1.54) is 17.2 Å². The number of allylic oxidation sites excluding steroid dienone is 1. The van der Waals surface area contributed by atoms with Crippen LogP contribution in [-0.2, 0) is 6.42 Å². The van der Waals surface area contributed by atoms with Gasteiger partial charge in [0.15, 0.2) is 0 Å². The van der Waals surface area contributed by atoms with Gasteiger partial charge in [0.2, 0.25) is 0 Å². The first-order valence-corrected chi connectivity index (χ1v) is 8.61. The predicted molar refractivity (Wildman–Crippen MR) is 96.8 cm³/mol. The molecule has 25 heavy (non-hydrogen) atoms. The molecule has 0 fully saturated rings. The molecule has 1 atom stereocenters. The van der Waals surface area contributed by atoms with E-state index < -0.39 is 11.7 Å². The molecule has 0 amide bonds. The first kappa shape index (κ1) is 17.6. The van der Waals surface area contributed by atoms with Crippen molar-refractivity contribution in [2.24, 2.45) is 0 Å². The molecule has 0 saturated heterocycles. The second kappa shape index (κ2) is 7.34. The number of nitrogens with one attached hydrogen (secondary N) is 1. The van der Waals surface area contributed by atoms with E-state index in [1.807, 2.05) is 12.1 Å². The van der Waals surface area contributed by atoms with Crippen LogP contribution >= 0.6 is 0 Å². The van der Waals surface area contributed by atoms with E-state index in [2.05, 4.69) is 29.6 Å². The average Bonchev–Trinajstić information content (AvgIpc) is 2.60. The van der Waals surface area contributed by atoms with E-state index in [1.54, 1.807) is 12.1 Å². The lowest BCUT2D eigenvalue weighted by molar-refractivity contribution is -0.0903. The minimum Gasteiger partial charge on any atom is -0.384 e. The zero-order chi connectivity index (χ0) is 17.9. The average molecular weight is 345 g/mol.